The Kier molecular flexibility index (Phi) is 8.28. The zero-order valence-electron chi connectivity index (χ0n) is 22.9. The van der Waals surface area contributed by atoms with Crippen molar-refractivity contribution in [2.75, 3.05) is 39.0 Å². The summed E-state index contributed by atoms with van der Waals surface area (Å²) in [4.78, 5) is 27.1. The van der Waals surface area contributed by atoms with Crippen LogP contribution < -0.4 is 10.5 Å². The molecule has 2 aromatic heterocycles. The van der Waals surface area contributed by atoms with Crippen molar-refractivity contribution in [3.63, 3.8) is 0 Å². The van der Waals surface area contributed by atoms with Gasteiger partial charge >= 0.3 is 0 Å². The van der Waals surface area contributed by atoms with Gasteiger partial charge in [-0.05, 0) is 76.0 Å². The number of aromatic nitrogens is 2. The van der Waals surface area contributed by atoms with E-state index in [1.807, 2.05) is 31.7 Å². The van der Waals surface area contributed by atoms with Crippen LogP contribution in [0.5, 0.6) is 5.75 Å². The highest BCUT2D eigenvalue weighted by molar-refractivity contribution is 5.99. The third kappa shape index (κ3) is 5.48. The molecule has 1 amide bonds. The van der Waals surface area contributed by atoms with E-state index in [9.17, 15) is 10.1 Å². The predicted octanol–water partition coefficient (Wildman–Crippen LogP) is 4.56. The molecule has 0 radical (unpaired) electrons. The van der Waals surface area contributed by atoms with Crippen LogP contribution in [-0.4, -0.2) is 59.0 Å². The number of aryl methyl sites for hydroxylation is 1. The molecular weight excluding hydrogens is 476 g/mol. The van der Waals surface area contributed by atoms with E-state index in [0.29, 0.717) is 42.3 Å². The van der Waals surface area contributed by atoms with Crippen LogP contribution in [0.25, 0.3) is 11.1 Å². The van der Waals surface area contributed by atoms with E-state index in [-0.39, 0.29) is 11.9 Å². The maximum Gasteiger partial charge on any atom is 0.254 e. The molecular formula is C30H36N6O2. The lowest BCUT2D eigenvalue weighted by Crippen LogP contribution is -2.40. The van der Waals surface area contributed by atoms with Gasteiger partial charge in [0.1, 0.15) is 17.4 Å². The number of ether oxygens (including phenoxy) is 1. The third-order valence-electron chi connectivity index (χ3n) is 7.33. The number of rotatable bonds is 9. The fraction of sp³-hybridized carbons (Fsp3) is 0.400. The number of hydrogen-bond donors (Lipinski definition) is 1. The first-order valence-electron chi connectivity index (χ1n) is 13.2. The number of amides is 1. The van der Waals surface area contributed by atoms with Gasteiger partial charge in [-0.2, -0.15) is 5.26 Å². The molecule has 0 spiro atoms. The maximum atomic E-state index is 14.0. The summed E-state index contributed by atoms with van der Waals surface area (Å²) in [6.45, 7) is 10.8. The van der Waals surface area contributed by atoms with Crippen molar-refractivity contribution in [1.82, 2.24) is 19.8 Å². The Morgan fingerprint density at radius 3 is 2.63 bits per heavy atom. The fourth-order valence-electron chi connectivity index (χ4n) is 4.93. The van der Waals surface area contributed by atoms with Gasteiger partial charge in [0.25, 0.3) is 5.91 Å². The van der Waals surface area contributed by atoms with E-state index in [1.54, 1.807) is 12.3 Å². The number of carbonyl (C=O) groups is 1. The standard InChI is InChI=1S/C30H36N6O2/c1-6-35(5)10-8-21-12-26(25-14-23(32)18-33-19(25)3)24-9-11-36(30(37)27(24)13-21)20(4)28-15-29(38-7-2)22(16-31)17-34-28/h12-15,17-18,20H,6-11,32H2,1-5H3/t20-/m0/s1. The largest absolute Gasteiger partial charge is 0.492 e. The molecule has 1 aliphatic heterocycles. The zero-order valence-corrected chi connectivity index (χ0v) is 22.9. The maximum absolute atomic E-state index is 14.0. The molecule has 3 aromatic rings. The van der Waals surface area contributed by atoms with Gasteiger partial charge in [-0.15, -0.1) is 0 Å². The van der Waals surface area contributed by atoms with E-state index in [4.69, 9.17) is 10.5 Å². The Morgan fingerprint density at radius 2 is 1.92 bits per heavy atom. The van der Waals surface area contributed by atoms with Crippen LogP contribution in [0.2, 0.25) is 0 Å². The SMILES string of the molecule is CCOc1cc([C@H](C)N2CCc3c(cc(CCN(C)CC)cc3-c3cc(N)cnc3C)C2=O)ncc1C#N. The molecule has 198 valence electrons. The molecule has 0 fully saturated rings. The van der Waals surface area contributed by atoms with E-state index in [0.717, 1.165) is 53.0 Å². The average Bonchev–Trinajstić information content (AvgIpc) is 2.92. The summed E-state index contributed by atoms with van der Waals surface area (Å²) in [5.74, 6) is 0.468. The topological polar surface area (TPSA) is 108 Å². The van der Waals surface area contributed by atoms with Crippen molar-refractivity contribution >= 4 is 11.6 Å². The van der Waals surface area contributed by atoms with Gasteiger partial charge in [-0.25, -0.2) is 0 Å². The van der Waals surface area contributed by atoms with Crippen LogP contribution in [0.4, 0.5) is 5.69 Å². The molecule has 1 atom stereocenters. The molecule has 1 aliphatic rings. The van der Waals surface area contributed by atoms with Crippen molar-refractivity contribution in [1.29, 1.82) is 5.26 Å². The highest BCUT2D eigenvalue weighted by Crippen LogP contribution is 2.36. The van der Waals surface area contributed by atoms with Crippen LogP contribution in [0.15, 0.2) is 36.7 Å². The number of nitrogen functional groups attached to an aromatic ring is 1. The van der Waals surface area contributed by atoms with E-state index in [1.165, 1.54) is 6.20 Å². The number of nitriles is 1. The highest BCUT2D eigenvalue weighted by Gasteiger charge is 2.32. The smallest absolute Gasteiger partial charge is 0.254 e. The van der Waals surface area contributed by atoms with E-state index >= 15 is 0 Å². The Hall–Kier alpha value is -3.96. The van der Waals surface area contributed by atoms with Crippen molar-refractivity contribution in [3.8, 4) is 22.9 Å². The fourth-order valence-corrected chi connectivity index (χ4v) is 4.93. The summed E-state index contributed by atoms with van der Waals surface area (Å²) < 4.78 is 5.66. The van der Waals surface area contributed by atoms with Crippen LogP contribution in [0, 0.1) is 18.3 Å². The van der Waals surface area contributed by atoms with Crippen molar-refractivity contribution in [2.45, 2.75) is 46.6 Å². The summed E-state index contributed by atoms with van der Waals surface area (Å²) in [5.41, 5.74) is 13.6. The number of hydrogen-bond acceptors (Lipinski definition) is 7. The lowest BCUT2D eigenvalue weighted by atomic mass is 9.86. The second-order valence-electron chi connectivity index (χ2n) is 9.79. The minimum atomic E-state index is -0.281. The number of pyridine rings is 2. The summed E-state index contributed by atoms with van der Waals surface area (Å²) in [7, 11) is 2.10. The van der Waals surface area contributed by atoms with Gasteiger partial charge in [0.05, 0.1) is 30.2 Å². The second kappa shape index (κ2) is 11.6. The molecule has 38 heavy (non-hydrogen) atoms. The van der Waals surface area contributed by atoms with Crippen molar-refractivity contribution in [3.05, 3.63) is 70.3 Å². The molecule has 0 saturated carbocycles. The molecule has 8 heteroatoms. The van der Waals surface area contributed by atoms with Crippen molar-refractivity contribution in [2.24, 2.45) is 0 Å². The number of likely N-dealkylation sites (N-methyl/N-ethyl adjacent to an activating group) is 1. The second-order valence-corrected chi connectivity index (χ2v) is 9.79. The summed E-state index contributed by atoms with van der Waals surface area (Å²) in [5, 5.41) is 9.40. The molecule has 0 unspecified atom stereocenters. The monoisotopic (exact) mass is 512 g/mol. The van der Waals surface area contributed by atoms with Gasteiger partial charge in [-0.3, -0.25) is 14.8 Å². The molecule has 0 bridgehead atoms. The molecule has 0 aliphatic carbocycles. The van der Waals surface area contributed by atoms with Crippen LogP contribution >= 0.6 is 0 Å². The van der Waals surface area contributed by atoms with Crippen LogP contribution in [-0.2, 0) is 12.8 Å². The van der Waals surface area contributed by atoms with Gasteiger partial charge in [0.2, 0.25) is 0 Å². The van der Waals surface area contributed by atoms with Crippen molar-refractivity contribution < 1.29 is 9.53 Å². The van der Waals surface area contributed by atoms with Crippen LogP contribution in [0.3, 0.4) is 0 Å². The lowest BCUT2D eigenvalue weighted by Gasteiger charge is -2.35. The lowest BCUT2D eigenvalue weighted by molar-refractivity contribution is 0.0669. The number of nitrogens with two attached hydrogens (primary N) is 1. The summed E-state index contributed by atoms with van der Waals surface area (Å²) in [6, 6.07) is 9.83. The molecule has 2 N–H and O–H groups in total. The first-order valence-corrected chi connectivity index (χ1v) is 13.2. The minimum absolute atomic E-state index is 0.0238. The third-order valence-corrected chi connectivity index (χ3v) is 7.33. The van der Waals surface area contributed by atoms with E-state index in [2.05, 4.69) is 47.0 Å². The van der Waals surface area contributed by atoms with Gasteiger partial charge in [0, 0.05) is 42.2 Å². The molecule has 0 saturated heterocycles. The number of benzene rings is 1. The molecule has 3 heterocycles. The van der Waals surface area contributed by atoms with Gasteiger partial charge in [0.15, 0.2) is 0 Å². The Labute approximate surface area is 225 Å². The summed E-state index contributed by atoms with van der Waals surface area (Å²) in [6.07, 6.45) is 4.73. The minimum Gasteiger partial charge on any atom is -0.492 e. The first kappa shape index (κ1) is 27.1. The quantitative estimate of drug-likeness (QED) is 0.448. The average molecular weight is 513 g/mol. The zero-order chi connectivity index (χ0) is 27.4. The van der Waals surface area contributed by atoms with Gasteiger partial charge < -0.3 is 20.3 Å². The normalized spacial score (nSPS) is 13.8. The Morgan fingerprint density at radius 1 is 1.16 bits per heavy atom. The number of fused-ring (bicyclic) bond motifs is 1. The number of anilines is 1. The first-order chi connectivity index (χ1) is 18.3. The Bertz CT molecular complexity index is 1380. The van der Waals surface area contributed by atoms with Gasteiger partial charge in [-0.1, -0.05) is 13.0 Å². The van der Waals surface area contributed by atoms with Crippen LogP contribution in [0.1, 0.15) is 65.2 Å². The number of nitrogens with zero attached hydrogens (tertiary/aromatic N) is 5. The highest BCUT2D eigenvalue weighted by atomic mass is 16.5. The molecule has 8 nitrogen and oxygen atoms in total. The number of carbonyl (C=O) groups excluding carboxylic acids is 1. The molecule has 1 aromatic carbocycles. The predicted molar refractivity (Wildman–Crippen MR) is 149 cm³/mol. The Balaban J connectivity index is 1.75. The molecule has 4 rings (SSSR count). The summed E-state index contributed by atoms with van der Waals surface area (Å²) >= 11 is 0. The van der Waals surface area contributed by atoms with E-state index < -0.39 is 0 Å².